The van der Waals surface area contributed by atoms with E-state index >= 15 is 0 Å². The van der Waals surface area contributed by atoms with Crippen molar-refractivity contribution in [2.45, 2.75) is 6.54 Å². The van der Waals surface area contributed by atoms with Crippen LogP contribution >= 0.6 is 11.8 Å². The summed E-state index contributed by atoms with van der Waals surface area (Å²) in [5.41, 5.74) is 0.629. The largest absolute Gasteiger partial charge is 0.508 e. The smallest absolute Gasteiger partial charge is 0.293 e. The van der Waals surface area contributed by atoms with E-state index in [1.54, 1.807) is 0 Å². The van der Waals surface area contributed by atoms with Gasteiger partial charge in [-0.2, -0.15) is 0 Å². The first-order valence-corrected chi connectivity index (χ1v) is 9.45. The summed E-state index contributed by atoms with van der Waals surface area (Å²) in [4.78, 5) is 37.1. The minimum atomic E-state index is -0.606. The van der Waals surface area contributed by atoms with Crippen LogP contribution in [0.1, 0.15) is 11.1 Å². The van der Waals surface area contributed by atoms with E-state index in [0.29, 0.717) is 0 Å². The Kier molecular flexibility index (Phi) is 4.77. The molecule has 2 amide bonds. The lowest BCUT2D eigenvalue weighted by Crippen LogP contribution is -2.27. The summed E-state index contributed by atoms with van der Waals surface area (Å²) in [6, 6.07) is 16.9. The molecule has 7 nitrogen and oxygen atoms in total. The van der Waals surface area contributed by atoms with Gasteiger partial charge in [0.2, 0.25) is 0 Å². The van der Waals surface area contributed by atoms with Gasteiger partial charge in [0.1, 0.15) is 5.75 Å². The summed E-state index contributed by atoms with van der Waals surface area (Å²) in [6.07, 6.45) is 1.27. The average Bonchev–Trinajstić information content (AvgIpc) is 2.95. The first-order chi connectivity index (χ1) is 13.9. The number of amides is 2. The van der Waals surface area contributed by atoms with Crippen LogP contribution in [0.25, 0.3) is 16.8 Å². The second kappa shape index (κ2) is 7.40. The standard InChI is InChI=1S/C21H14N2O5S/c24-16-8-9-18(23(27)28)15(10-16)11-19-20(25)22(21(26)29-19)12-14-6-3-5-13-4-1-2-7-17(13)14/h1-11,24H,12H2/b19-11+. The molecule has 1 aliphatic heterocycles. The fourth-order valence-corrected chi connectivity index (χ4v) is 4.03. The second-order valence-corrected chi connectivity index (χ2v) is 7.40. The van der Waals surface area contributed by atoms with Crippen LogP contribution < -0.4 is 0 Å². The quantitative estimate of drug-likeness (QED) is 0.383. The van der Waals surface area contributed by atoms with Crippen molar-refractivity contribution in [2.24, 2.45) is 0 Å². The van der Waals surface area contributed by atoms with Gasteiger partial charge in [-0.05, 0) is 46.3 Å². The number of rotatable bonds is 4. The Bertz CT molecular complexity index is 1200. The summed E-state index contributed by atoms with van der Waals surface area (Å²) >= 11 is 0.722. The molecule has 1 saturated heterocycles. The van der Waals surface area contributed by atoms with Gasteiger partial charge in [0.05, 0.1) is 21.9 Å². The van der Waals surface area contributed by atoms with E-state index in [-0.39, 0.29) is 28.5 Å². The fourth-order valence-electron chi connectivity index (χ4n) is 3.20. The maximum absolute atomic E-state index is 12.8. The minimum absolute atomic E-state index is 0.0608. The lowest BCUT2D eigenvalue weighted by atomic mass is 10.0. The molecule has 8 heteroatoms. The first-order valence-electron chi connectivity index (χ1n) is 8.63. The molecule has 0 aromatic heterocycles. The number of phenols is 1. The number of hydrogen-bond acceptors (Lipinski definition) is 6. The minimum Gasteiger partial charge on any atom is -0.508 e. The third kappa shape index (κ3) is 3.57. The highest BCUT2D eigenvalue weighted by Gasteiger charge is 2.35. The van der Waals surface area contributed by atoms with Crippen molar-refractivity contribution in [1.29, 1.82) is 0 Å². The van der Waals surface area contributed by atoms with Gasteiger partial charge in [0.25, 0.3) is 16.8 Å². The van der Waals surface area contributed by atoms with Crippen molar-refractivity contribution in [1.82, 2.24) is 4.90 Å². The highest BCUT2D eigenvalue weighted by molar-refractivity contribution is 8.18. The molecule has 0 unspecified atom stereocenters. The van der Waals surface area contributed by atoms with Crippen molar-refractivity contribution in [2.75, 3.05) is 0 Å². The number of benzene rings is 3. The zero-order valence-corrected chi connectivity index (χ0v) is 15.8. The van der Waals surface area contributed by atoms with Crippen molar-refractivity contribution >= 4 is 45.4 Å². The molecule has 3 aromatic rings. The molecule has 1 heterocycles. The number of fused-ring (bicyclic) bond motifs is 1. The molecular formula is C21H14N2O5S. The number of nitro benzene ring substituents is 1. The number of nitrogens with zero attached hydrogens (tertiary/aromatic N) is 2. The molecule has 0 saturated carbocycles. The zero-order chi connectivity index (χ0) is 20.5. The Morgan fingerprint density at radius 2 is 1.83 bits per heavy atom. The Hall–Kier alpha value is -3.65. The van der Waals surface area contributed by atoms with Crippen molar-refractivity contribution in [3.8, 4) is 5.75 Å². The summed E-state index contributed by atoms with van der Waals surface area (Å²) in [5, 5.41) is 22.3. The number of hydrogen-bond donors (Lipinski definition) is 1. The Morgan fingerprint density at radius 1 is 1.07 bits per heavy atom. The van der Waals surface area contributed by atoms with Crippen LogP contribution in [0.5, 0.6) is 5.75 Å². The summed E-state index contributed by atoms with van der Waals surface area (Å²) in [6.45, 7) is 0.103. The number of carbonyl (C=O) groups excluding carboxylic acids is 2. The average molecular weight is 406 g/mol. The van der Waals surface area contributed by atoms with Gasteiger partial charge in [-0.25, -0.2) is 0 Å². The van der Waals surface area contributed by atoms with Crippen LogP contribution in [0, 0.1) is 10.1 Å². The van der Waals surface area contributed by atoms with E-state index in [0.717, 1.165) is 39.1 Å². The number of carbonyl (C=O) groups is 2. The van der Waals surface area contributed by atoms with E-state index < -0.39 is 16.1 Å². The topological polar surface area (TPSA) is 101 Å². The Morgan fingerprint density at radius 3 is 2.62 bits per heavy atom. The number of aromatic hydroxyl groups is 1. The predicted octanol–water partition coefficient (Wildman–Crippen LogP) is 4.69. The molecule has 0 bridgehead atoms. The molecule has 144 valence electrons. The van der Waals surface area contributed by atoms with Crippen molar-refractivity contribution in [3.05, 3.63) is 86.8 Å². The SMILES string of the molecule is O=C1S/C(=C/c2cc(O)ccc2[N+](=O)[O-])C(=O)N1Cc1cccc2ccccc12. The molecule has 29 heavy (non-hydrogen) atoms. The van der Waals surface area contributed by atoms with Crippen LogP contribution in [0.15, 0.2) is 65.6 Å². The molecule has 0 atom stereocenters. The van der Waals surface area contributed by atoms with E-state index in [2.05, 4.69) is 0 Å². The van der Waals surface area contributed by atoms with E-state index in [1.165, 1.54) is 18.2 Å². The third-order valence-corrected chi connectivity index (χ3v) is 5.48. The number of phenolic OH excluding ortho intramolecular Hbond substituents is 1. The maximum atomic E-state index is 12.8. The summed E-state index contributed by atoms with van der Waals surface area (Å²) in [5.74, 6) is -0.692. The molecule has 0 spiro atoms. The lowest BCUT2D eigenvalue weighted by Gasteiger charge is -2.14. The van der Waals surface area contributed by atoms with E-state index in [1.807, 2.05) is 42.5 Å². The maximum Gasteiger partial charge on any atom is 0.293 e. The Labute approximate surface area is 169 Å². The van der Waals surface area contributed by atoms with Crippen LogP contribution in [0.2, 0.25) is 0 Å². The first kappa shape index (κ1) is 18.7. The van der Waals surface area contributed by atoms with Crippen molar-refractivity contribution < 1.29 is 19.6 Å². The fraction of sp³-hybridized carbons (Fsp3) is 0.0476. The van der Waals surface area contributed by atoms with Crippen LogP contribution in [-0.2, 0) is 11.3 Å². The monoisotopic (exact) mass is 406 g/mol. The molecule has 3 aromatic carbocycles. The van der Waals surface area contributed by atoms with Gasteiger partial charge in [0.15, 0.2) is 0 Å². The van der Waals surface area contributed by atoms with Gasteiger partial charge < -0.3 is 5.11 Å². The highest BCUT2D eigenvalue weighted by atomic mass is 32.2. The molecule has 1 aliphatic rings. The molecule has 1 N–H and O–H groups in total. The predicted molar refractivity (Wildman–Crippen MR) is 110 cm³/mol. The molecule has 0 aliphatic carbocycles. The highest BCUT2D eigenvalue weighted by Crippen LogP contribution is 2.36. The van der Waals surface area contributed by atoms with Crippen molar-refractivity contribution in [3.63, 3.8) is 0 Å². The zero-order valence-electron chi connectivity index (χ0n) is 14.9. The normalized spacial score (nSPS) is 15.4. The molecule has 0 radical (unpaired) electrons. The number of imide groups is 1. The van der Waals surface area contributed by atoms with E-state index in [9.17, 15) is 24.8 Å². The molecule has 4 rings (SSSR count). The van der Waals surface area contributed by atoms with E-state index in [4.69, 9.17) is 0 Å². The van der Waals surface area contributed by atoms with Gasteiger partial charge >= 0.3 is 0 Å². The summed E-state index contributed by atoms with van der Waals surface area (Å²) in [7, 11) is 0. The molecular weight excluding hydrogens is 392 g/mol. The summed E-state index contributed by atoms with van der Waals surface area (Å²) < 4.78 is 0. The Balaban J connectivity index is 1.67. The van der Waals surface area contributed by atoms with Crippen LogP contribution in [0.4, 0.5) is 10.5 Å². The van der Waals surface area contributed by atoms with Gasteiger partial charge in [-0.3, -0.25) is 24.6 Å². The second-order valence-electron chi connectivity index (χ2n) is 6.41. The van der Waals surface area contributed by atoms with Crippen LogP contribution in [0.3, 0.4) is 0 Å². The number of thioether (sulfide) groups is 1. The number of nitro groups is 1. The van der Waals surface area contributed by atoms with Gasteiger partial charge in [0, 0.05) is 6.07 Å². The molecule has 1 fully saturated rings. The lowest BCUT2D eigenvalue weighted by molar-refractivity contribution is -0.385. The van der Waals surface area contributed by atoms with Crippen LogP contribution in [-0.4, -0.2) is 26.1 Å². The van der Waals surface area contributed by atoms with Gasteiger partial charge in [-0.15, -0.1) is 0 Å². The third-order valence-electron chi connectivity index (χ3n) is 4.58. The van der Waals surface area contributed by atoms with Gasteiger partial charge in [-0.1, -0.05) is 42.5 Å².